The van der Waals surface area contributed by atoms with Crippen LogP contribution >= 0.6 is 11.6 Å². The first-order valence-electron chi connectivity index (χ1n) is 6.34. The molecule has 1 aliphatic rings. The van der Waals surface area contributed by atoms with Gasteiger partial charge in [0.15, 0.2) is 0 Å². The van der Waals surface area contributed by atoms with Crippen LogP contribution in [0.15, 0.2) is 24.3 Å². The molecule has 3 nitrogen and oxygen atoms in total. The van der Waals surface area contributed by atoms with Crippen LogP contribution in [0.2, 0.25) is 5.02 Å². The lowest BCUT2D eigenvalue weighted by atomic mass is 10.0. The molecule has 0 radical (unpaired) electrons. The second-order valence-corrected chi connectivity index (χ2v) is 5.57. The summed E-state index contributed by atoms with van der Waals surface area (Å²) >= 11 is 6.20. The fourth-order valence-electron chi connectivity index (χ4n) is 2.21. The molecular formula is C14H19ClN2O. The van der Waals surface area contributed by atoms with Crippen LogP contribution in [0.4, 0.5) is 5.69 Å². The van der Waals surface area contributed by atoms with E-state index in [1.54, 1.807) is 4.90 Å². The van der Waals surface area contributed by atoms with Gasteiger partial charge in [-0.05, 0) is 45.4 Å². The molecule has 2 rings (SSSR count). The largest absolute Gasteiger partial charge is 0.309 e. The second-order valence-electron chi connectivity index (χ2n) is 5.17. The zero-order valence-electron chi connectivity index (χ0n) is 10.9. The first-order chi connectivity index (χ1) is 8.52. The molecule has 4 heteroatoms. The molecule has 1 saturated heterocycles. The fraction of sp³-hybridized carbons (Fsp3) is 0.500. The van der Waals surface area contributed by atoms with Crippen molar-refractivity contribution >= 4 is 23.2 Å². The molecular weight excluding hydrogens is 248 g/mol. The molecule has 1 heterocycles. The molecule has 1 amide bonds. The van der Waals surface area contributed by atoms with E-state index in [0.717, 1.165) is 31.6 Å². The summed E-state index contributed by atoms with van der Waals surface area (Å²) in [5, 5.41) is 3.92. The van der Waals surface area contributed by atoms with Crippen molar-refractivity contribution < 1.29 is 4.79 Å². The van der Waals surface area contributed by atoms with E-state index in [0.29, 0.717) is 5.02 Å². The van der Waals surface area contributed by atoms with E-state index >= 15 is 0 Å². The zero-order valence-corrected chi connectivity index (χ0v) is 11.6. The van der Waals surface area contributed by atoms with Crippen LogP contribution in [-0.4, -0.2) is 24.5 Å². The summed E-state index contributed by atoms with van der Waals surface area (Å²) in [7, 11) is 0. The van der Waals surface area contributed by atoms with Crippen molar-refractivity contribution in [3.8, 4) is 0 Å². The predicted molar refractivity (Wildman–Crippen MR) is 75.1 cm³/mol. The maximum Gasteiger partial charge on any atom is 0.246 e. The number of nitrogens with zero attached hydrogens (tertiary/aromatic N) is 1. The second kappa shape index (κ2) is 5.29. The molecule has 0 unspecified atom stereocenters. The molecule has 1 aliphatic heterocycles. The Morgan fingerprint density at radius 3 is 2.72 bits per heavy atom. The summed E-state index contributed by atoms with van der Waals surface area (Å²) in [5.41, 5.74) is 0.264. The van der Waals surface area contributed by atoms with Crippen molar-refractivity contribution in [2.24, 2.45) is 0 Å². The predicted octanol–water partition coefficient (Wildman–Crippen LogP) is 2.84. The third-order valence-corrected chi connectivity index (χ3v) is 3.62. The lowest BCUT2D eigenvalue weighted by Crippen LogP contribution is -2.56. The van der Waals surface area contributed by atoms with Crippen molar-refractivity contribution in [2.45, 2.75) is 32.2 Å². The maximum absolute atomic E-state index is 12.6. The number of carbonyl (C=O) groups is 1. The number of hydrogen-bond donors (Lipinski definition) is 1. The van der Waals surface area contributed by atoms with Gasteiger partial charge in [-0.2, -0.15) is 0 Å². The highest BCUT2D eigenvalue weighted by Crippen LogP contribution is 2.28. The van der Waals surface area contributed by atoms with Crippen molar-refractivity contribution in [1.82, 2.24) is 5.32 Å². The highest BCUT2D eigenvalue weighted by atomic mass is 35.5. The number of para-hydroxylation sites is 1. The number of carbonyl (C=O) groups excluding carboxylic acids is 1. The molecule has 1 aromatic carbocycles. The van der Waals surface area contributed by atoms with Gasteiger partial charge in [0, 0.05) is 6.54 Å². The summed E-state index contributed by atoms with van der Waals surface area (Å²) in [6.07, 6.45) is 2.05. The number of halogens is 1. The van der Waals surface area contributed by atoms with Crippen LogP contribution in [0.1, 0.15) is 26.7 Å². The topological polar surface area (TPSA) is 32.3 Å². The van der Waals surface area contributed by atoms with Crippen molar-refractivity contribution in [3.05, 3.63) is 29.3 Å². The van der Waals surface area contributed by atoms with Gasteiger partial charge >= 0.3 is 0 Å². The first kappa shape index (κ1) is 13.4. The number of hydrogen-bond acceptors (Lipinski definition) is 2. The maximum atomic E-state index is 12.6. The summed E-state index contributed by atoms with van der Waals surface area (Å²) in [4.78, 5) is 14.4. The molecule has 0 aliphatic carbocycles. The van der Waals surface area contributed by atoms with E-state index in [-0.39, 0.29) is 5.91 Å². The highest BCUT2D eigenvalue weighted by Gasteiger charge is 2.33. The van der Waals surface area contributed by atoms with Crippen molar-refractivity contribution in [2.75, 3.05) is 18.0 Å². The number of rotatable bonds is 1. The van der Waals surface area contributed by atoms with Crippen LogP contribution in [0.25, 0.3) is 0 Å². The monoisotopic (exact) mass is 266 g/mol. The zero-order chi connectivity index (χ0) is 13.2. The molecule has 1 fully saturated rings. The fourth-order valence-corrected chi connectivity index (χ4v) is 2.45. The van der Waals surface area contributed by atoms with Crippen LogP contribution in [0.3, 0.4) is 0 Å². The average Bonchev–Trinajstić information content (AvgIpc) is 2.33. The number of amides is 1. The van der Waals surface area contributed by atoms with Gasteiger partial charge < -0.3 is 10.2 Å². The van der Waals surface area contributed by atoms with Gasteiger partial charge in [0.25, 0.3) is 0 Å². The number of nitrogens with one attached hydrogen (secondary N) is 1. The Morgan fingerprint density at radius 1 is 1.28 bits per heavy atom. The summed E-state index contributed by atoms with van der Waals surface area (Å²) in [6.45, 7) is 5.46. The summed E-state index contributed by atoms with van der Waals surface area (Å²) in [5.74, 6) is 0.0790. The molecule has 1 aromatic rings. The van der Waals surface area contributed by atoms with Gasteiger partial charge in [0.05, 0.1) is 16.2 Å². The summed E-state index contributed by atoms with van der Waals surface area (Å²) in [6, 6.07) is 7.51. The molecule has 18 heavy (non-hydrogen) atoms. The van der Waals surface area contributed by atoms with E-state index in [4.69, 9.17) is 11.6 Å². The molecule has 98 valence electrons. The highest BCUT2D eigenvalue weighted by molar-refractivity contribution is 6.33. The van der Waals surface area contributed by atoms with Gasteiger partial charge in [-0.3, -0.25) is 4.79 Å². The van der Waals surface area contributed by atoms with Crippen LogP contribution < -0.4 is 10.2 Å². The van der Waals surface area contributed by atoms with Gasteiger partial charge in [0.1, 0.15) is 0 Å². The molecule has 1 N–H and O–H groups in total. The minimum absolute atomic E-state index is 0.0790. The minimum Gasteiger partial charge on any atom is -0.309 e. The Hall–Kier alpha value is -1.06. The van der Waals surface area contributed by atoms with Crippen LogP contribution in [-0.2, 0) is 4.79 Å². The van der Waals surface area contributed by atoms with Crippen molar-refractivity contribution in [1.29, 1.82) is 0 Å². The van der Waals surface area contributed by atoms with Gasteiger partial charge in [-0.15, -0.1) is 0 Å². The average molecular weight is 267 g/mol. The van der Waals surface area contributed by atoms with E-state index in [1.807, 2.05) is 38.1 Å². The number of benzene rings is 1. The SMILES string of the molecule is CC1(C)NCCCCN(c2ccccc2Cl)C1=O. The lowest BCUT2D eigenvalue weighted by molar-refractivity contribution is -0.124. The van der Waals surface area contributed by atoms with Crippen molar-refractivity contribution in [3.63, 3.8) is 0 Å². The molecule has 0 bridgehead atoms. The first-order valence-corrected chi connectivity index (χ1v) is 6.72. The van der Waals surface area contributed by atoms with Crippen LogP contribution in [0.5, 0.6) is 0 Å². The Balaban J connectivity index is 2.34. The van der Waals surface area contributed by atoms with Crippen LogP contribution in [0, 0.1) is 0 Å². The smallest absolute Gasteiger partial charge is 0.246 e. The Kier molecular flexibility index (Phi) is 3.93. The normalized spacial score (nSPS) is 20.4. The molecule has 0 spiro atoms. The molecule has 0 saturated carbocycles. The van der Waals surface area contributed by atoms with E-state index < -0.39 is 5.54 Å². The third-order valence-electron chi connectivity index (χ3n) is 3.30. The van der Waals surface area contributed by atoms with Gasteiger partial charge in [-0.25, -0.2) is 0 Å². The van der Waals surface area contributed by atoms with E-state index in [1.165, 1.54) is 0 Å². The van der Waals surface area contributed by atoms with E-state index in [9.17, 15) is 4.79 Å². The number of anilines is 1. The quantitative estimate of drug-likeness (QED) is 0.848. The minimum atomic E-state index is -0.542. The molecule has 0 atom stereocenters. The lowest BCUT2D eigenvalue weighted by Gasteiger charge is -2.35. The van der Waals surface area contributed by atoms with Gasteiger partial charge in [0.2, 0.25) is 5.91 Å². The summed E-state index contributed by atoms with van der Waals surface area (Å²) < 4.78 is 0. The van der Waals surface area contributed by atoms with E-state index in [2.05, 4.69) is 5.32 Å². The Bertz CT molecular complexity index is 445. The Morgan fingerprint density at radius 2 is 2.00 bits per heavy atom. The standard InChI is InChI=1S/C14H19ClN2O/c1-14(2)13(18)17(10-6-5-9-16-14)12-8-4-3-7-11(12)15/h3-4,7-8,16H,5-6,9-10H2,1-2H3. The molecule has 0 aromatic heterocycles. The Labute approximate surface area is 113 Å². The third kappa shape index (κ3) is 2.68. The van der Waals surface area contributed by atoms with Gasteiger partial charge in [-0.1, -0.05) is 23.7 Å².